The standard InChI is InChI=1S/C11H18N2/c1-8(2)13-7-6-9-10(12)4-3-5-11(9)13/h6-8,10H,3-5,12H2,1-2H3. The zero-order valence-electron chi connectivity index (χ0n) is 8.46. The van der Waals surface area contributed by atoms with Crippen LogP contribution in [-0.2, 0) is 6.42 Å². The van der Waals surface area contributed by atoms with Crippen molar-refractivity contribution in [1.82, 2.24) is 4.57 Å². The Morgan fingerprint density at radius 2 is 2.31 bits per heavy atom. The van der Waals surface area contributed by atoms with Gasteiger partial charge in [-0.15, -0.1) is 0 Å². The van der Waals surface area contributed by atoms with Crippen LogP contribution in [0.1, 0.15) is 50.0 Å². The van der Waals surface area contributed by atoms with Crippen LogP contribution in [0.15, 0.2) is 12.3 Å². The van der Waals surface area contributed by atoms with Crippen molar-refractivity contribution in [1.29, 1.82) is 0 Å². The van der Waals surface area contributed by atoms with E-state index in [-0.39, 0.29) is 6.04 Å². The Morgan fingerprint density at radius 1 is 1.54 bits per heavy atom. The van der Waals surface area contributed by atoms with Crippen LogP contribution in [0.25, 0.3) is 0 Å². The molecule has 0 aromatic carbocycles. The van der Waals surface area contributed by atoms with Gasteiger partial charge in [0.2, 0.25) is 0 Å². The third kappa shape index (κ3) is 1.39. The summed E-state index contributed by atoms with van der Waals surface area (Å²) in [4.78, 5) is 0. The Labute approximate surface area is 79.7 Å². The third-order valence-electron chi connectivity index (χ3n) is 2.94. The SMILES string of the molecule is CC(C)n1ccc2c1CCCC2N. The summed E-state index contributed by atoms with van der Waals surface area (Å²) in [5.74, 6) is 0. The van der Waals surface area contributed by atoms with Crippen LogP contribution in [0.4, 0.5) is 0 Å². The molecule has 72 valence electrons. The molecule has 1 atom stereocenters. The van der Waals surface area contributed by atoms with Crippen molar-refractivity contribution in [3.05, 3.63) is 23.5 Å². The summed E-state index contributed by atoms with van der Waals surface area (Å²) in [6, 6.07) is 3.04. The van der Waals surface area contributed by atoms with Crippen LogP contribution in [-0.4, -0.2) is 4.57 Å². The molecule has 0 fully saturated rings. The summed E-state index contributed by atoms with van der Waals surface area (Å²) in [6.45, 7) is 4.45. The first kappa shape index (κ1) is 8.82. The molecule has 1 aliphatic carbocycles. The lowest BCUT2D eigenvalue weighted by Gasteiger charge is -2.22. The number of aromatic nitrogens is 1. The molecule has 0 aliphatic heterocycles. The second kappa shape index (κ2) is 3.18. The molecule has 0 bridgehead atoms. The van der Waals surface area contributed by atoms with E-state index in [0.29, 0.717) is 6.04 Å². The molecule has 0 saturated carbocycles. The van der Waals surface area contributed by atoms with Crippen molar-refractivity contribution < 1.29 is 0 Å². The maximum Gasteiger partial charge on any atom is 0.0312 e. The molecule has 2 rings (SSSR count). The molecule has 1 heterocycles. The molecule has 2 N–H and O–H groups in total. The van der Waals surface area contributed by atoms with Crippen LogP contribution in [0.2, 0.25) is 0 Å². The van der Waals surface area contributed by atoms with E-state index in [2.05, 4.69) is 30.7 Å². The maximum atomic E-state index is 6.05. The Balaban J connectivity index is 2.41. The molecule has 2 heteroatoms. The molecule has 0 amide bonds. The Bertz CT molecular complexity index is 286. The van der Waals surface area contributed by atoms with E-state index in [1.807, 2.05) is 0 Å². The van der Waals surface area contributed by atoms with Crippen LogP contribution in [0.5, 0.6) is 0 Å². The summed E-state index contributed by atoms with van der Waals surface area (Å²) in [7, 11) is 0. The quantitative estimate of drug-likeness (QED) is 0.703. The van der Waals surface area contributed by atoms with Gasteiger partial charge >= 0.3 is 0 Å². The van der Waals surface area contributed by atoms with Gasteiger partial charge in [0.1, 0.15) is 0 Å². The van der Waals surface area contributed by atoms with Crippen LogP contribution in [0, 0.1) is 0 Å². The molecule has 1 unspecified atom stereocenters. The predicted molar refractivity (Wildman–Crippen MR) is 54.7 cm³/mol. The molecule has 1 aromatic rings. The normalized spacial score (nSPS) is 22.0. The highest BCUT2D eigenvalue weighted by Gasteiger charge is 2.20. The minimum Gasteiger partial charge on any atom is -0.349 e. The average molecular weight is 178 g/mol. The van der Waals surface area contributed by atoms with Crippen molar-refractivity contribution in [2.24, 2.45) is 5.73 Å². The van der Waals surface area contributed by atoms with E-state index < -0.39 is 0 Å². The number of nitrogens with two attached hydrogens (primary N) is 1. The van der Waals surface area contributed by atoms with Gasteiger partial charge < -0.3 is 10.3 Å². The molecule has 0 radical (unpaired) electrons. The highest BCUT2D eigenvalue weighted by Crippen LogP contribution is 2.30. The molecule has 13 heavy (non-hydrogen) atoms. The van der Waals surface area contributed by atoms with E-state index in [1.54, 1.807) is 0 Å². The van der Waals surface area contributed by atoms with Crippen molar-refractivity contribution in [3.63, 3.8) is 0 Å². The molecular weight excluding hydrogens is 160 g/mol. The van der Waals surface area contributed by atoms with Gasteiger partial charge in [-0.25, -0.2) is 0 Å². The molecule has 1 aromatic heterocycles. The second-order valence-corrected chi connectivity index (χ2v) is 4.22. The fourth-order valence-corrected chi connectivity index (χ4v) is 2.24. The lowest BCUT2D eigenvalue weighted by atomic mass is 9.93. The zero-order chi connectivity index (χ0) is 9.42. The van der Waals surface area contributed by atoms with Crippen LogP contribution >= 0.6 is 0 Å². The van der Waals surface area contributed by atoms with Crippen molar-refractivity contribution in [2.45, 2.75) is 45.2 Å². The first-order valence-corrected chi connectivity index (χ1v) is 5.15. The number of hydrogen-bond donors (Lipinski definition) is 1. The maximum absolute atomic E-state index is 6.05. The van der Waals surface area contributed by atoms with Gasteiger partial charge in [-0.1, -0.05) is 0 Å². The lowest BCUT2D eigenvalue weighted by molar-refractivity contribution is 0.513. The monoisotopic (exact) mass is 178 g/mol. The van der Waals surface area contributed by atoms with Crippen molar-refractivity contribution in [3.8, 4) is 0 Å². The van der Waals surface area contributed by atoms with Gasteiger partial charge in [-0.05, 0) is 44.7 Å². The average Bonchev–Trinajstić information content (AvgIpc) is 2.48. The van der Waals surface area contributed by atoms with E-state index in [9.17, 15) is 0 Å². The Kier molecular flexibility index (Phi) is 2.16. The fraction of sp³-hybridized carbons (Fsp3) is 0.636. The summed E-state index contributed by atoms with van der Waals surface area (Å²) in [5.41, 5.74) is 8.89. The first-order chi connectivity index (χ1) is 6.20. The van der Waals surface area contributed by atoms with Crippen LogP contribution < -0.4 is 5.73 Å². The molecule has 2 nitrogen and oxygen atoms in total. The number of nitrogens with zero attached hydrogens (tertiary/aromatic N) is 1. The lowest BCUT2D eigenvalue weighted by Crippen LogP contribution is -2.18. The van der Waals surface area contributed by atoms with E-state index in [1.165, 1.54) is 24.1 Å². The minimum atomic E-state index is 0.281. The van der Waals surface area contributed by atoms with Crippen molar-refractivity contribution in [2.75, 3.05) is 0 Å². The smallest absolute Gasteiger partial charge is 0.0312 e. The summed E-state index contributed by atoms with van der Waals surface area (Å²) in [5, 5.41) is 0. The van der Waals surface area contributed by atoms with Crippen LogP contribution in [0.3, 0.4) is 0 Å². The Hall–Kier alpha value is -0.760. The highest BCUT2D eigenvalue weighted by molar-refractivity contribution is 5.28. The molecule has 0 saturated heterocycles. The predicted octanol–water partition coefficient (Wildman–Crippen LogP) is 2.41. The van der Waals surface area contributed by atoms with E-state index in [4.69, 9.17) is 5.73 Å². The number of fused-ring (bicyclic) bond motifs is 1. The van der Waals surface area contributed by atoms with E-state index >= 15 is 0 Å². The van der Waals surface area contributed by atoms with Gasteiger partial charge in [0, 0.05) is 24.0 Å². The minimum absolute atomic E-state index is 0.281. The number of rotatable bonds is 1. The molecular formula is C11H18N2. The Morgan fingerprint density at radius 3 is 3.00 bits per heavy atom. The van der Waals surface area contributed by atoms with Gasteiger partial charge in [-0.2, -0.15) is 0 Å². The first-order valence-electron chi connectivity index (χ1n) is 5.15. The highest BCUT2D eigenvalue weighted by atomic mass is 15.0. The van der Waals surface area contributed by atoms with E-state index in [0.717, 1.165) is 6.42 Å². The van der Waals surface area contributed by atoms with Gasteiger partial charge in [0.15, 0.2) is 0 Å². The largest absolute Gasteiger partial charge is 0.349 e. The van der Waals surface area contributed by atoms with Crippen molar-refractivity contribution >= 4 is 0 Å². The summed E-state index contributed by atoms with van der Waals surface area (Å²) < 4.78 is 2.36. The fourth-order valence-electron chi connectivity index (χ4n) is 2.24. The summed E-state index contributed by atoms with van der Waals surface area (Å²) in [6.07, 6.45) is 5.77. The third-order valence-corrected chi connectivity index (χ3v) is 2.94. The molecule has 1 aliphatic rings. The topological polar surface area (TPSA) is 30.9 Å². The summed E-state index contributed by atoms with van der Waals surface area (Å²) >= 11 is 0. The number of hydrogen-bond acceptors (Lipinski definition) is 1. The van der Waals surface area contributed by atoms with Gasteiger partial charge in [0.25, 0.3) is 0 Å². The van der Waals surface area contributed by atoms with Gasteiger partial charge in [-0.3, -0.25) is 0 Å². The molecule has 0 spiro atoms. The second-order valence-electron chi connectivity index (χ2n) is 4.22. The zero-order valence-corrected chi connectivity index (χ0v) is 8.46. The van der Waals surface area contributed by atoms with Gasteiger partial charge in [0.05, 0.1) is 0 Å².